The number of aryl methyl sites for hydroxylation is 1. The van der Waals surface area contributed by atoms with Gasteiger partial charge in [-0.1, -0.05) is 24.3 Å². The van der Waals surface area contributed by atoms with Crippen molar-refractivity contribution >= 4 is 12.4 Å². The Kier molecular flexibility index (Phi) is 6.70. The number of nitrogens with zero attached hydrogens (tertiary/aromatic N) is 3. The summed E-state index contributed by atoms with van der Waals surface area (Å²) in [6.07, 6.45) is 4.85. The van der Waals surface area contributed by atoms with Crippen molar-refractivity contribution in [1.82, 2.24) is 15.3 Å². The van der Waals surface area contributed by atoms with E-state index in [0.29, 0.717) is 6.61 Å². The first kappa shape index (κ1) is 19.2. The largest absolute Gasteiger partial charge is 0.371 e. The molecule has 1 aliphatic heterocycles. The SMILES string of the molecule is C=N/C(=C(/COC1CCN(Cc2ccncc2)C1)NN)c1ccccc1C. The van der Waals surface area contributed by atoms with E-state index >= 15 is 0 Å². The molecule has 2 aromatic rings. The molecule has 3 rings (SSSR count). The number of hydrogen-bond acceptors (Lipinski definition) is 6. The van der Waals surface area contributed by atoms with Crippen molar-refractivity contribution in [2.45, 2.75) is 26.0 Å². The predicted octanol–water partition coefficient (Wildman–Crippen LogP) is 2.51. The lowest BCUT2D eigenvalue weighted by molar-refractivity contribution is 0.0725. The summed E-state index contributed by atoms with van der Waals surface area (Å²) in [5.41, 5.74) is 7.64. The number of nitrogens with two attached hydrogens (primary N) is 1. The second kappa shape index (κ2) is 9.41. The van der Waals surface area contributed by atoms with Crippen LogP contribution in [0.15, 0.2) is 59.5 Å². The Morgan fingerprint density at radius 1 is 1.33 bits per heavy atom. The number of aliphatic imine (C=N–C) groups is 1. The van der Waals surface area contributed by atoms with Crippen molar-refractivity contribution in [3.05, 3.63) is 71.2 Å². The zero-order valence-corrected chi connectivity index (χ0v) is 15.8. The lowest BCUT2D eigenvalue weighted by atomic mass is 10.0. The highest BCUT2D eigenvalue weighted by Gasteiger charge is 2.23. The normalized spacial score (nSPS) is 18.2. The molecule has 6 nitrogen and oxygen atoms in total. The van der Waals surface area contributed by atoms with Crippen LogP contribution in [-0.4, -0.2) is 42.4 Å². The highest BCUT2D eigenvalue weighted by atomic mass is 16.5. The fourth-order valence-corrected chi connectivity index (χ4v) is 3.38. The van der Waals surface area contributed by atoms with Crippen molar-refractivity contribution in [2.24, 2.45) is 10.8 Å². The van der Waals surface area contributed by atoms with Gasteiger partial charge in [0.25, 0.3) is 0 Å². The molecule has 0 spiro atoms. The molecule has 27 heavy (non-hydrogen) atoms. The van der Waals surface area contributed by atoms with Crippen molar-refractivity contribution in [2.75, 3.05) is 19.7 Å². The highest BCUT2D eigenvalue weighted by Crippen LogP contribution is 2.23. The van der Waals surface area contributed by atoms with Crippen LogP contribution in [0.25, 0.3) is 5.70 Å². The summed E-state index contributed by atoms with van der Waals surface area (Å²) >= 11 is 0. The Morgan fingerprint density at radius 2 is 2.11 bits per heavy atom. The van der Waals surface area contributed by atoms with Gasteiger partial charge in [-0.15, -0.1) is 0 Å². The fourth-order valence-electron chi connectivity index (χ4n) is 3.38. The average molecular weight is 365 g/mol. The van der Waals surface area contributed by atoms with E-state index in [1.54, 1.807) is 0 Å². The van der Waals surface area contributed by atoms with E-state index in [0.717, 1.165) is 48.6 Å². The summed E-state index contributed by atoms with van der Waals surface area (Å²) in [4.78, 5) is 10.7. The molecule has 1 unspecified atom stereocenters. The molecule has 2 heterocycles. The molecule has 0 aliphatic carbocycles. The summed E-state index contributed by atoms with van der Waals surface area (Å²) in [5.74, 6) is 5.76. The van der Waals surface area contributed by atoms with Crippen LogP contribution in [0.2, 0.25) is 0 Å². The molecular weight excluding hydrogens is 338 g/mol. The minimum absolute atomic E-state index is 0.179. The second-order valence-electron chi connectivity index (χ2n) is 6.76. The van der Waals surface area contributed by atoms with E-state index in [9.17, 15) is 0 Å². The van der Waals surface area contributed by atoms with Gasteiger partial charge in [0.1, 0.15) is 0 Å². The molecule has 0 radical (unpaired) electrons. The van der Waals surface area contributed by atoms with Crippen LogP contribution in [0, 0.1) is 6.92 Å². The van der Waals surface area contributed by atoms with Gasteiger partial charge in [-0.05, 0) is 43.3 Å². The van der Waals surface area contributed by atoms with Crippen molar-refractivity contribution in [1.29, 1.82) is 0 Å². The molecule has 0 amide bonds. The number of rotatable bonds is 8. The number of pyridine rings is 1. The predicted molar refractivity (Wildman–Crippen MR) is 109 cm³/mol. The van der Waals surface area contributed by atoms with Crippen LogP contribution in [-0.2, 0) is 11.3 Å². The smallest absolute Gasteiger partial charge is 0.0924 e. The highest BCUT2D eigenvalue weighted by molar-refractivity contribution is 5.72. The average Bonchev–Trinajstić information content (AvgIpc) is 3.14. The number of ether oxygens (including phenoxy) is 1. The minimum atomic E-state index is 0.179. The standard InChI is InChI=1S/C21H27N5O/c1-16-5-3-4-6-19(16)21(23-2)20(25-22)15-27-18-9-12-26(14-18)13-17-7-10-24-11-8-17/h3-8,10-11,18,25H,2,9,12-15,22H2,1H3/b21-20-. The molecule has 1 aromatic carbocycles. The molecular formula is C21H27N5O. The molecule has 0 saturated carbocycles. The van der Waals surface area contributed by atoms with Gasteiger partial charge >= 0.3 is 0 Å². The first-order valence-electron chi connectivity index (χ1n) is 9.16. The van der Waals surface area contributed by atoms with Gasteiger partial charge in [-0.25, -0.2) is 0 Å². The Balaban J connectivity index is 1.61. The Hall–Kier alpha value is -2.54. The number of likely N-dealkylation sites (tertiary alicyclic amines) is 1. The quantitative estimate of drug-likeness (QED) is 0.427. The number of nitrogens with one attached hydrogen (secondary N) is 1. The zero-order chi connectivity index (χ0) is 19.1. The second-order valence-corrected chi connectivity index (χ2v) is 6.76. The molecule has 1 atom stereocenters. The van der Waals surface area contributed by atoms with E-state index < -0.39 is 0 Å². The van der Waals surface area contributed by atoms with Crippen LogP contribution >= 0.6 is 0 Å². The summed E-state index contributed by atoms with van der Waals surface area (Å²) in [5, 5.41) is 0. The topological polar surface area (TPSA) is 75.8 Å². The number of aromatic nitrogens is 1. The van der Waals surface area contributed by atoms with E-state index in [-0.39, 0.29) is 6.10 Å². The third kappa shape index (κ3) is 5.01. The van der Waals surface area contributed by atoms with Crippen molar-refractivity contribution in [3.63, 3.8) is 0 Å². The Labute approximate surface area is 160 Å². The maximum atomic E-state index is 6.13. The van der Waals surface area contributed by atoms with E-state index in [4.69, 9.17) is 10.6 Å². The van der Waals surface area contributed by atoms with Crippen LogP contribution in [0.3, 0.4) is 0 Å². The van der Waals surface area contributed by atoms with E-state index in [1.165, 1.54) is 5.56 Å². The third-order valence-corrected chi connectivity index (χ3v) is 4.87. The van der Waals surface area contributed by atoms with Gasteiger partial charge < -0.3 is 10.2 Å². The maximum Gasteiger partial charge on any atom is 0.0924 e. The molecule has 1 fully saturated rings. The molecule has 1 saturated heterocycles. The van der Waals surface area contributed by atoms with Gasteiger partial charge in [-0.3, -0.25) is 20.7 Å². The number of hydrazine groups is 1. The first-order valence-corrected chi connectivity index (χ1v) is 9.16. The third-order valence-electron chi connectivity index (χ3n) is 4.87. The Morgan fingerprint density at radius 3 is 2.81 bits per heavy atom. The lowest BCUT2D eigenvalue weighted by Gasteiger charge is -2.18. The molecule has 3 N–H and O–H groups in total. The number of benzene rings is 1. The molecule has 0 bridgehead atoms. The monoisotopic (exact) mass is 365 g/mol. The van der Waals surface area contributed by atoms with E-state index in [1.807, 2.05) is 43.6 Å². The summed E-state index contributed by atoms with van der Waals surface area (Å²) in [7, 11) is 0. The van der Waals surface area contributed by atoms with Gasteiger partial charge in [-0.2, -0.15) is 0 Å². The molecule has 1 aliphatic rings. The summed E-state index contributed by atoms with van der Waals surface area (Å²) in [6, 6.07) is 12.2. The van der Waals surface area contributed by atoms with Crippen molar-refractivity contribution in [3.8, 4) is 0 Å². The fraction of sp³-hybridized carbons (Fsp3) is 0.333. The zero-order valence-electron chi connectivity index (χ0n) is 15.8. The van der Waals surface area contributed by atoms with Crippen LogP contribution in [0.5, 0.6) is 0 Å². The first-order chi connectivity index (χ1) is 13.2. The van der Waals surface area contributed by atoms with Crippen LogP contribution in [0.1, 0.15) is 23.1 Å². The lowest BCUT2D eigenvalue weighted by Crippen LogP contribution is -2.29. The van der Waals surface area contributed by atoms with Gasteiger partial charge in [0, 0.05) is 37.6 Å². The maximum absolute atomic E-state index is 6.13. The summed E-state index contributed by atoms with van der Waals surface area (Å²) < 4.78 is 6.13. The molecule has 6 heteroatoms. The van der Waals surface area contributed by atoms with Crippen molar-refractivity contribution < 1.29 is 4.74 Å². The summed E-state index contributed by atoms with van der Waals surface area (Å²) in [6.45, 7) is 8.98. The van der Waals surface area contributed by atoms with Crippen LogP contribution < -0.4 is 11.3 Å². The molecule has 1 aromatic heterocycles. The van der Waals surface area contributed by atoms with E-state index in [2.05, 4.69) is 39.2 Å². The van der Waals surface area contributed by atoms with Gasteiger partial charge in [0.2, 0.25) is 0 Å². The molecule has 142 valence electrons. The minimum Gasteiger partial charge on any atom is -0.371 e. The Bertz CT molecular complexity index is 790. The number of hydrogen-bond donors (Lipinski definition) is 2. The van der Waals surface area contributed by atoms with Crippen LogP contribution in [0.4, 0.5) is 0 Å². The van der Waals surface area contributed by atoms with Gasteiger partial charge in [0.15, 0.2) is 0 Å². The van der Waals surface area contributed by atoms with Gasteiger partial charge in [0.05, 0.1) is 24.1 Å².